The molecule has 0 spiro atoms. The van der Waals surface area contributed by atoms with E-state index >= 15 is 0 Å². The van der Waals surface area contributed by atoms with E-state index in [1.165, 1.54) is 38.2 Å². The molecule has 0 N–H and O–H groups in total. The summed E-state index contributed by atoms with van der Waals surface area (Å²) in [6.07, 6.45) is 2.50. The lowest BCUT2D eigenvalue weighted by atomic mass is 9.74. The third-order valence-electron chi connectivity index (χ3n) is 5.28. The van der Waals surface area contributed by atoms with E-state index in [1.807, 2.05) is 0 Å². The summed E-state index contributed by atoms with van der Waals surface area (Å²) in [5, 5.41) is 0. The number of hydrogen-bond donors (Lipinski definition) is 0. The Morgan fingerprint density at radius 2 is 1.76 bits per heavy atom. The Kier molecular flexibility index (Phi) is 3.05. The third-order valence-corrected chi connectivity index (χ3v) is 5.28. The number of rotatable bonds is 1. The van der Waals surface area contributed by atoms with Crippen molar-refractivity contribution in [1.82, 2.24) is 9.80 Å². The first-order valence-electron chi connectivity index (χ1n) is 6.93. The van der Waals surface area contributed by atoms with Crippen molar-refractivity contribution >= 4 is 0 Å². The molecule has 98 valence electrons. The fourth-order valence-electron chi connectivity index (χ4n) is 2.98. The second-order valence-electron chi connectivity index (χ2n) is 7.21. The predicted molar refractivity (Wildman–Crippen MR) is 74.0 cm³/mol. The molecule has 0 aliphatic carbocycles. The highest BCUT2D eigenvalue weighted by Crippen LogP contribution is 2.38. The van der Waals surface area contributed by atoms with Gasteiger partial charge in [0.1, 0.15) is 0 Å². The molecule has 0 aromatic rings. The summed E-state index contributed by atoms with van der Waals surface area (Å²) < 4.78 is 0. The molecule has 0 amide bonds. The van der Waals surface area contributed by atoms with Crippen molar-refractivity contribution in [2.24, 2.45) is 5.41 Å². The largest absolute Gasteiger partial charge is 0.370 e. The highest BCUT2D eigenvalue weighted by atomic mass is 15.3. The maximum atomic E-state index is 4.18. The highest BCUT2D eigenvalue weighted by Gasteiger charge is 2.42. The lowest BCUT2D eigenvalue weighted by Gasteiger charge is -2.52. The van der Waals surface area contributed by atoms with Crippen molar-refractivity contribution < 1.29 is 0 Å². The number of fused-ring (bicyclic) bond motifs is 1. The Labute approximate surface area is 107 Å². The smallest absolute Gasteiger partial charge is 0.0418 e. The summed E-state index contributed by atoms with van der Waals surface area (Å²) in [7, 11) is 0. The molecule has 2 nitrogen and oxygen atoms in total. The molecular weight excluding hydrogens is 208 g/mol. The van der Waals surface area contributed by atoms with Gasteiger partial charge in [0.05, 0.1) is 0 Å². The minimum atomic E-state index is 0.267. The molecule has 0 bridgehead atoms. The van der Waals surface area contributed by atoms with Crippen molar-refractivity contribution in [1.29, 1.82) is 0 Å². The topological polar surface area (TPSA) is 6.48 Å². The molecule has 17 heavy (non-hydrogen) atoms. The van der Waals surface area contributed by atoms with Crippen LogP contribution in [-0.2, 0) is 0 Å². The molecule has 1 atom stereocenters. The van der Waals surface area contributed by atoms with E-state index in [4.69, 9.17) is 0 Å². The van der Waals surface area contributed by atoms with Gasteiger partial charge < -0.3 is 4.90 Å². The van der Waals surface area contributed by atoms with Gasteiger partial charge in [-0.1, -0.05) is 27.4 Å². The van der Waals surface area contributed by atoms with E-state index in [0.717, 1.165) is 6.04 Å². The first kappa shape index (κ1) is 12.9. The van der Waals surface area contributed by atoms with Crippen molar-refractivity contribution in [3.05, 3.63) is 12.3 Å². The Balaban J connectivity index is 2.09. The van der Waals surface area contributed by atoms with Gasteiger partial charge >= 0.3 is 0 Å². The molecule has 2 aliphatic rings. The molecule has 0 saturated carbocycles. The van der Waals surface area contributed by atoms with E-state index in [0.29, 0.717) is 5.41 Å². The first-order chi connectivity index (χ1) is 7.73. The molecular formula is C15H28N2. The van der Waals surface area contributed by atoms with Crippen molar-refractivity contribution in [3.8, 4) is 0 Å². The molecule has 2 fully saturated rings. The summed E-state index contributed by atoms with van der Waals surface area (Å²) >= 11 is 0. The number of allylic oxidation sites excluding steroid dienone is 1. The monoisotopic (exact) mass is 236 g/mol. The molecule has 0 radical (unpaired) electrons. The van der Waals surface area contributed by atoms with E-state index in [-0.39, 0.29) is 5.54 Å². The van der Waals surface area contributed by atoms with Crippen LogP contribution in [0.5, 0.6) is 0 Å². The van der Waals surface area contributed by atoms with E-state index in [2.05, 4.69) is 51.0 Å². The van der Waals surface area contributed by atoms with E-state index in [1.54, 1.807) is 0 Å². The van der Waals surface area contributed by atoms with Gasteiger partial charge in [-0.3, -0.25) is 4.90 Å². The molecule has 2 saturated heterocycles. The van der Waals surface area contributed by atoms with Crippen molar-refractivity contribution in [3.63, 3.8) is 0 Å². The average molecular weight is 236 g/mol. The standard InChI is InChI=1S/C15H28N2/c1-12-7-8-13-11-16(9-10-17(12)13)15(5,6)14(2,3)4/h13H,1,7-11H2,2-6H3/t13-/m0/s1. The lowest BCUT2D eigenvalue weighted by molar-refractivity contribution is -0.0204. The van der Waals surface area contributed by atoms with Crippen LogP contribution in [0.4, 0.5) is 0 Å². The summed E-state index contributed by atoms with van der Waals surface area (Å²) in [6, 6.07) is 0.720. The summed E-state index contributed by atoms with van der Waals surface area (Å²) in [6.45, 7) is 19.6. The van der Waals surface area contributed by atoms with Gasteiger partial charge in [-0.15, -0.1) is 0 Å². The number of hydrogen-bond acceptors (Lipinski definition) is 2. The Hall–Kier alpha value is -0.500. The van der Waals surface area contributed by atoms with Crippen LogP contribution in [0.3, 0.4) is 0 Å². The van der Waals surface area contributed by atoms with E-state index < -0.39 is 0 Å². The van der Waals surface area contributed by atoms with Gasteiger partial charge in [0.2, 0.25) is 0 Å². The van der Waals surface area contributed by atoms with Crippen LogP contribution in [0.2, 0.25) is 0 Å². The molecule has 2 aliphatic heterocycles. The summed E-state index contributed by atoms with van der Waals surface area (Å²) in [4.78, 5) is 5.22. The zero-order valence-corrected chi connectivity index (χ0v) is 12.2. The van der Waals surface area contributed by atoms with Gasteiger partial charge in [0.25, 0.3) is 0 Å². The maximum Gasteiger partial charge on any atom is 0.0418 e. The SMILES string of the molecule is C=C1CC[C@H]2CN(C(C)(C)C(C)(C)C)CCN12. The van der Waals surface area contributed by atoms with Crippen molar-refractivity contribution in [2.75, 3.05) is 19.6 Å². The minimum Gasteiger partial charge on any atom is -0.370 e. The van der Waals surface area contributed by atoms with E-state index in [9.17, 15) is 0 Å². The molecule has 0 unspecified atom stereocenters. The Bertz CT molecular complexity index is 311. The van der Waals surface area contributed by atoms with Crippen LogP contribution < -0.4 is 0 Å². The highest BCUT2D eigenvalue weighted by molar-refractivity contribution is 5.08. The zero-order valence-electron chi connectivity index (χ0n) is 12.2. The minimum absolute atomic E-state index is 0.267. The third kappa shape index (κ3) is 2.12. The molecule has 0 aromatic heterocycles. The molecule has 2 rings (SSSR count). The van der Waals surface area contributed by atoms with Gasteiger partial charge in [-0.05, 0) is 32.1 Å². The van der Waals surface area contributed by atoms with Crippen LogP contribution in [-0.4, -0.2) is 41.0 Å². The van der Waals surface area contributed by atoms with Gasteiger partial charge in [0, 0.05) is 36.9 Å². The normalized spacial score (nSPS) is 27.5. The molecule has 0 aromatic carbocycles. The van der Waals surface area contributed by atoms with Crippen molar-refractivity contribution in [2.45, 2.75) is 59.0 Å². The zero-order chi connectivity index (χ0) is 12.8. The van der Waals surface area contributed by atoms with Crippen LogP contribution in [0.1, 0.15) is 47.5 Å². The number of nitrogens with zero attached hydrogens (tertiary/aromatic N) is 2. The molecule has 2 heterocycles. The second-order valence-corrected chi connectivity index (χ2v) is 7.21. The summed E-state index contributed by atoms with van der Waals surface area (Å²) in [5.74, 6) is 0. The molecule has 2 heteroatoms. The van der Waals surface area contributed by atoms with Crippen LogP contribution in [0.25, 0.3) is 0 Å². The van der Waals surface area contributed by atoms with Crippen LogP contribution >= 0.6 is 0 Å². The Morgan fingerprint density at radius 3 is 2.35 bits per heavy atom. The van der Waals surface area contributed by atoms with Gasteiger partial charge in [-0.2, -0.15) is 0 Å². The van der Waals surface area contributed by atoms with Gasteiger partial charge in [0.15, 0.2) is 0 Å². The first-order valence-corrected chi connectivity index (χ1v) is 6.93. The fraction of sp³-hybridized carbons (Fsp3) is 0.867. The Morgan fingerprint density at radius 1 is 1.12 bits per heavy atom. The summed E-state index contributed by atoms with van der Waals surface area (Å²) in [5.41, 5.74) is 1.96. The van der Waals surface area contributed by atoms with Crippen LogP contribution in [0.15, 0.2) is 12.3 Å². The second kappa shape index (κ2) is 4.01. The quantitative estimate of drug-likeness (QED) is 0.690. The lowest BCUT2D eigenvalue weighted by Crippen LogP contribution is -2.61. The van der Waals surface area contributed by atoms with Crippen LogP contribution in [0, 0.1) is 5.41 Å². The van der Waals surface area contributed by atoms with Gasteiger partial charge in [-0.25, -0.2) is 0 Å². The average Bonchev–Trinajstić information content (AvgIpc) is 2.58. The number of piperazine rings is 1. The predicted octanol–water partition coefficient (Wildman–Crippen LogP) is 3.10. The maximum absolute atomic E-state index is 4.18. The fourth-order valence-corrected chi connectivity index (χ4v) is 2.98.